The van der Waals surface area contributed by atoms with Gasteiger partial charge in [0, 0.05) is 29.6 Å². The van der Waals surface area contributed by atoms with Gasteiger partial charge >= 0.3 is 0 Å². The lowest BCUT2D eigenvalue weighted by Gasteiger charge is -2.29. The standard InChI is InChI=1S/C31H34N4O2/c1-20-5-3-4-6-25(20)30(22-7-8-22)33-31(36)26-13-14-28-27(19-32-34-28)29(26)21-9-11-23(12-10-21)37-24-15-17-35(2)18-16-24/h3-6,9-14,19,22,24,30H,7-8,15-18H2,1-2H3,(H,32,34)(H,33,36). The molecule has 2 N–H and O–H groups in total. The zero-order valence-corrected chi connectivity index (χ0v) is 21.5. The first-order valence-electron chi connectivity index (χ1n) is 13.3. The molecule has 6 heteroatoms. The number of nitrogens with one attached hydrogen (secondary N) is 2. The minimum absolute atomic E-state index is 0.0203. The third-order valence-corrected chi connectivity index (χ3v) is 7.88. The molecule has 190 valence electrons. The van der Waals surface area contributed by atoms with E-state index in [0.717, 1.165) is 66.6 Å². The van der Waals surface area contributed by atoms with Gasteiger partial charge in [-0.05, 0) is 86.5 Å². The minimum Gasteiger partial charge on any atom is -0.490 e. The molecular weight excluding hydrogens is 460 g/mol. The van der Waals surface area contributed by atoms with Gasteiger partial charge in [-0.25, -0.2) is 0 Å². The third-order valence-electron chi connectivity index (χ3n) is 7.88. The molecular formula is C31H34N4O2. The van der Waals surface area contributed by atoms with Gasteiger partial charge in [-0.2, -0.15) is 5.10 Å². The Labute approximate surface area is 218 Å². The molecule has 1 unspecified atom stereocenters. The van der Waals surface area contributed by atoms with Crippen molar-refractivity contribution in [2.45, 2.75) is 44.8 Å². The van der Waals surface area contributed by atoms with E-state index in [1.165, 1.54) is 11.1 Å². The monoisotopic (exact) mass is 494 g/mol. The van der Waals surface area contributed by atoms with Crippen LogP contribution in [0.25, 0.3) is 22.0 Å². The van der Waals surface area contributed by atoms with Gasteiger partial charge < -0.3 is 15.0 Å². The fraction of sp³-hybridized carbons (Fsp3) is 0.355. The summed E-state index contributed by atoms with van der Waals surface area (Å²) >= 11 is 0. The fourth-order valence-electron chi connectivity index (χ4n) is 5.55. The number of hydrogen-bond donors (Lipinski definition) is 2. The van der Waals surface area contributed by atoms with Gasteiger partial charge in [-0.15, -0.1) is 0 Å². The molecule has 1 aromatic heterocycles. The van der Waals surface area contributed by atoms with E-state index < -0.39 is 0 Å². The van der Waals surface area contributed by atoms with Gasteiger partial charge in [0.2, 0.25) is 0 Å². The molecule has 37 heavy (non-hydrogen) atoms. The highest BCUT2D eigenvalue weighted by Gasteiger charge is 2.34. The third kappa shape index (κ3) is 4.98. The largest absolute Gasteiger partial charge is 0.490 e. The predicted octanol–water partition coefficient (Wildman–Crippen LogP) is 5.89. The van der Waals surface area contributed by atoms with Crippen molar-refractivity contribution in [2.24, 2.45) is 5.92 Å². The van der Waals surface area contributed by atoms with Crippen LogP contribution in [0.4, 0.5) is 0 Å². The number of benzene rings is 3. The number of carbonyl (C=O) groups is 1. The average Bonchev–Trinajstić information content (AvgIpc) is 3.65. The number of H-pyrrole nitrogens is 1. The van der Waals surface area contributed by atoms with Crippen LogP contribution in [0.15, 0.2) is 66.9 Å². The van der Waals surface area contributed by atoms with Gasteiger partial charge in [0.25, 0.3) is 5.91 Å². The lowest BCUT2D eigenvalue weighted by molar-refractivity contribution is 0.0932. The Bertz CT molecular complexity index is 1400. The summed E-state index contributed by atoms with van der Waals surface area (Å²) in [5.41, 5.74) is 5.87. The molecule has 0 bridgehead atoms. The maximum absolute atomic E-state index is 13.8. The SMILES string of the molecule is Cc1ccccc1C(NC(=O)c1ccc2[nH]ncc2c1-c1ccc(OC2CCN(C)CC2)cc1)C1CC1. The summed E-state index contributed by atoms with van der Waals surface area (Å²) < 4.78 is 6.27. The zero-order chi connectivity index (χ0) is 25.4. The van der Waals surface area contributed by atoms with Gasteiger partial charge in [-0.3, -0.25) is 9.89 Å². The first kappa shape index (κ1) is 23.7. The Balaban J connectivity index is 1.30. The van der Waals surface area contributed by atoms with Crippen LogP contribution in [0.2, 0.25) is 0 Å². The van der Waals surface area contributed by atoms with E-state index in [0.29, 0.717) is 11.5 Å². The van der Waals surface area contributed by atoms with E-state index in [-0.39, 0.29) is 18.1 Å². The summed E-state index contributed by atoms with van der Waals surface area (Å²) in [6.45, 7) is 4.25. The minimum atomic E-state index is -0.0510. The van der Waals surface area contributed by atoms with Crippen molar-refractivity contribution in [3.05, 3.63) is 83.6 Å². The van der Waals surface area contributed by atoms with Crippen molar-refractivity contribution < 1.29 is 9.53 Å². The molecule has 0 spiro atoms. The normalized spacial score (nSPS) is 17.6. The number of aromatic nitrogens is 2. The smallest absolute Gasteiger partial charge is 0.252 e. The Kier molecular flexibility index (Phi) is 6.43. The Morgan fingerprint density at radius 3 is 2.51 bits per heavy atom. The number of carbonyl (C=O) groups excluding carboxylic acids is 1. The van der Waals surface area contributed by atoms with Crippen LogP contribution in [0.5, 0.6) is 5.75 Å². The van der Waals surface area contributed by atoms with E-state index in [2.05, 4.69) is 70.8 Å². The molecule has 2 heterocycles. The van der Waals surface area contributed by atoms with Gasteiger partial charge in [0.15, 0.2) is 0 Å². The van der Waals surface area contributed by atoms with Gasteiger partial charge in [0.1, 0.15) is 11.9 Å². The number of ether oxygens (including phenoxy) is 1. The first-order valence-corrected chi connectivity index (χ1v) is 13.3. The lowest BCUT2D eigenvalue weighted by atomic mass is 9.94. The van der Waals surface area contributed by atoms with E-state index in [1.54, 1.807) is 0 Å². The number of aromatic amines is 1. The molecule has 2 fully saturated rings. The van der Waals surface area contributed by atoms with Crippen LogP contribution < -0.4 is 10.1 Å². The molecule has 0 radical (unpaired) electrons. The van der Waals surface area contributed by atoms with Crippen molar-refractivity contribution in [1.82, 2.24) is 20.4 Å². The number of hydrogen-bond acceptors (Lipinski definition) is 4. The van der Waals surface area contributed by atoms with Crippen molar-refractivity contribution in [3.8, 4) is 16.9 Å². The van der Waals surface area contributed by atoms with E-state index in [1.807, 2.05) is 30.5 Å². The van der Waals surface area contributed by atoms with Gasteiger partial charge in [-0.1, -0.05) is 36.4 Å². The Morgan fingerprint density at radius 2 is 1.78 bits per heavy atom. The van der Waals surface area contributed by atoms with Crippen molar-refractivity contribution in [2.75, 3.05) is 20.1 Å². The number of fused-ring (bicyclic) bond motifs is 1. The molecule has 3 aromatic carbocycles. The molecule has 1 aliphatic carbocycles. The second-order valence-electron chi connectivity index (χ2n) is 10.6. The summed E-state index contributed by atoms with van der Waals surface area (Å²) in [5, 5.41) is 11.6. The number of aryl methyl sites for hydroxylation is 1. The highest BCUT2D eigenvalue weighted by Crippen LogP contribution is 2.42. The topological polar surface area (TPSA) is 70.2 Å². The Hall–Kier alpha value is -3.64. The van der Waals surface area contributed by atoms with E-state index in [9.17, 15) is 4.79 Å². The number of rotatable bonds is 7. The summed E-state index contributed by atoms with van der Waals surface area (Å²) in [7, 11) is 2.16. The second-order valence-corrected chi connectivity index (χ2v) is 10.6. The predicted molar refractivity (Wildman–Crippen MR) is 147 cm³/mol. The molecule has 1 atom stereocenters. The summed E-state index contributed by atoms with van der Waals surface area (Å²) in [4.78, 5) is 16.2. The number of likely N-dealkylation sites (tertiary alicyclic amines) is 1. The highest BCUT2D eigenvalue weighted by molar-refractivity contribution is 6.09. The molecule has 1 amide bonds. The Morgan fingerprint density at radius 1 is 1.03 bits per heavy atom. The van der Waals surface area contributed by atoms with E-state index >= 15 is 0 Å². The van der Waals surface area contributed by atoms with Crippen molar-refractivity contribution in [3.63, 3.8) is 0 Å². The van der Waals surface area contributed by atoms with Crippen LogP contribution in [0.1, 0.15) is 53.2 Å². The van der Waals surface area contributed by atoms with Crippen LogP contribution in [-0.2, 0) is 0 Å². The summed E-state index contributed by atoms with van der Waals surface area (Å²) in [5.74, 6) is 1.31. The van der Waals surface area contributed by atoms with Crippen LogP contribution in [0.3, 0.4) is 0 Å². The molecule has 1 saturated heterocycles. The number of nitrogens with zero attached hydrogens (tertiary/aromatic N) is 2. The maximum atomic E-state index is 13.8. The highest BCUT2D eigenvalue weighted by atomic mass is 16.5. The molecule has 6 rings (SSSR count). The number of piperidine rings is 1. The fourth-order valence-corrected chi connectivity index (χ4v) is 5.55. The molecule has 2 aliphatic rings. The van der Waals surface area contributed by atoms with Crippen LogP contribution in [-0.4, -0.2) is 47.2 Å². The van der Waals surface area contributed by atoms with Crippen molar-refractivity contribution in [1.29, 1.82) is 0 Å². The molecule has 1 saturated carbocycles. The quantitative estimate of drug-likeness (QED) is 0.336. The first-order chi connectivity index (χ1) is 18.1. The zero-order valence-electron chi connectivity index (χ0n) is 21.5. The second kappa shape index (κ2) is 10.0. The summed E-state index contributed by atoms with van der Waals surface area (Å²) in [6.07, 6.45) is 6.43. The average molecular weight is 495 g/mol. The molecule has 1 aliphatic heterocycles. The molecule has 6 nitrogen and oxygen atoms in total. The number of amides is 1. The van der Waals surface area contributed by atoms with E-state index in [4.69, 9.17) is 4.74 Å². The maximum Gasteiger partial charge on any atom is 0.252 e. The van der Waals surface area contributed by atoms with Gasteiger partial charge in [0.05, 0.1) is 17.8 Å². The summed E-state index contributed by atoms with van der Waals surface area (Å²) in [6, 6.07) is 20.4. The van der Waals surface area contributed by atoms with Crippen LogP contribution >= 0.6 is 0 Å². The lowest BCUT2D eigenvalue weighted by Crippen LogP contribution is -2.35. The van der Waals surface area contributed by atoms with Crippen molar-refractivity contribution >= 4 is 16.8 Å². The molecule has 4 aromatic rings. The van der Waals surface area contributed by atoms with Crippen LogP contribution in [0, 0.1) is 12.8 Å².